The number of piperidine rings is 1. The lowest BCUT2D eigenvalue weighted by atomic mass is 9.90. The van der Waals surface area contributed by atoms with Gasteiger partial charge in [-0.1, -0.05) is 36.4 Å². The van der Waals surface area contributed by atoms with Crippen LogP contribution in [0.15, 0.2) is 48.5 Å². The van der Waals surface area contributed by atoms with Crippen molar-refractivity contribution in [3.63, 3.8) is 0 Å². The van der Waals surface area contributed by atoms with Crippen LogP contribution in [0.3, 0.4) is 0 Å². The average Bonchev–Trinajstić information content (AvgIpc) is 2.68. The first-order chi connectivity index (χ1) is 13.0. The lowest BCUT2D eigenvalue weighted by Crippen LogP contribution is -2.37. The van der Waals surface area contributed by atoms with Crippen LogP contribution in [0, 0.1) is 12.8 Å². The molecule has 0 spiro atoms. The van der Waals surface area contributed by atoms with E-state index < -0.39 is 0 Å². The van der Waals surface area contributed by atoms with Gasteiger partial charge in [0, 0.05) is 32.1 Å². The smallest absolute Gasteiger partial charge is 0.251 e. The summed E-state index contributed by atoms with van der Waals surface area (Å²) in [6.45, 7) is 5.96. The number of hydrogen-bond acceptors (Lipinski definition) is 2. The largest absolute Gasteiger partial charge is 0.348 e. The van der Waals surface area contributed by atoms with Crippen molar-refractivity contribution in [3.05, 3.63) is 70.8 Å². The third kappa shape index (κ3) is 5.19. The van der Waals surface area contributed by atoms with E-state index in [1.54, 1.807) is 6.92 Å². The molecule has 2 aromatic rings. The first kappa shape index (κ1) is 19.2. The van der Waals surface area contributed by atoms with Gasteiger partial charge in [-0.2, -0.15) is 0 Å². The number of amides is 2. The number of carbonyl (C=O) groups is 2. The minimum Gasteiger partial charge on any atom is -0.348 e. The SMILES string of the molecule is CC(=O)N1CCC(Cc2ccc(C(=O)NCc3ccccc3C)cc2)CC1. The zero-order chi connectivity index (χ0) is 19.2. The molecule has 4 nitrogen and oxygen atoms in total. The minimum absolute atomic E-state index is 0.0421. The zero-order valence-corrected chi connectivity index (χ0v) is 16.2. The van der Waals surface area contributed by atoms with E-state index in [0.717, 1.165) is 37.9 Å². The van der Waals surface area contributed by atoms with E-state index in [1.807, 2.05) is 35.2 Å². The molecule has 4 heteroatoms. The second kappa shape index (κ2) is 8.85. The molecule has 2 aromatic carbocycles. The zero-order valence-electron chi connectivity index (χ0n) is 16.2. The minimum atomic E-state index is -0.0421. The molecule has 1 aliphatic rings. The van der Waals surface area contributed by atoms with Crippen molar-refractivity contribution >= 4 is 11.8 Å². The van der Waals surface area contributed by atoms with Crippen LogP contribution >= 0.6 is 0 Å². The Labute approximate surface area is 161 Å². The molecular formula is C23H28N2O2. The highest BCUT2D eigenvalue weighted by atomic mass is 16.2. The normalized spacial score (nSPS) is 14.8. The van der Waals surface area contributed by atoms with Gasteiger partial charge in [0.25, 0.3) is 5.91 Å². The molecule has 1 aliphatic heterocycles. The van der Waals surface area contributed by atoms with E-state index in [2.05, 4.69) is 30.4 Å². The van der Waals surface area contributed by atoms with Crippen LogP contribution < -0.4 is 5.32 Å². The van der Waals surface area contributed by atoms with Gasteiger partial charge in [-0.3, -0.25) is 9.59 Å². The van der Waals surface area contributed by atoms with Crippen molar-refractivity contribution in [2.75, 3.05) is 13.1 Å². The van der Waals surface area contributed by atoms with Crippen molar-refractivity contribution < 1.29 is 9.59 Å². The molecule has 0 saturated carbocycles. The third-order valence-electron chi connectivity index (χ3n) is 5.50. The van der Waals surface area contributed by atoms with E-state index in [4.69, 9.17) is 0 Å². The van der Waals surface area contributed by atoms with Gasteiger partial charge >= 0.3 is 0 Å². The molecule has 0 radical (unpaired) electrons. The Hall–Kier alpha value is -2.62. The van der Waals surface area contributed by atoms with Crippen LogP contribution in [-0.4, -0.2) is 29.8 Å². The second-order valence-corrected chi connectivity index (χ2v) is 7.46. The Morgan fingerprint density at radius 2 is 1.70 bits per heavy atom. The highest BCUT2D eigenvalue weighted by Crippen LogP contribution is 2.22. The van der Waals surface area contributed by atoms with E-state index in [9.17, 15) is 9.59 Å². The van der Waals surface area contributed by atoms with E-state index >= 15 is 0 Å². The van der Waals surface area contributed by atoms with Crippen LogP contribution in [0.25, 0.3) is 0 Å². The quantitative estimate of drug-likeness (QED) is 0.879. The van der Waals surface area contributed by atoms with E-state index in [1.165, 1.54) is 11.1 Å². The molecule has 1 heterocycles. The summed E-state index contributed by atoms with van der Waals surface area (Å²) in [5, 5.41) is 3.00. The summed E-state index contributed by atoms with van der Waals surface area (Å²) in [5.41, 5.74) is 4.27. The number of hydrogen-bond donors (Lipinski definition) is 1. The van der Waals surface area contributed by atoms with Crippen LogP contribution in [-0.2, 0) is 17.8 Å². The fourth-order valence-electron chi connectivity index (χ4n) is 3.66. The van der Waals surface area contributed by atoms with Crippen molar-refractivity contribution in [3.8, 4) is 0 Å². The van der Waals surface area contributed by atoms with E-state index in [0.29, 0.717) is 18.0 Å². The Morgan fingerprint density at radius 3 is 2.33 bits per heavy atom. The van der Waals surface area contributed by atoms with Crippen LogP contribution in [0.5, 0.6) is 0 Å². The monoisotopic (exact) mass is 364 g/mol. The predicted octanol–water partition coefficient (Wildman–Crippen LogP) is 3.73. The molecule has 142 valence electrons. The predicted molar refractivity (Wildman–Crippen MR) is 107 cm³/mol. The second-order valence-electron chi connectivity index (χ2n) is 7.46. The molecule has 3 rings (SSSR count). The number of likely N-dealkylation sites (tertiary alicyclic amines) is 1. The summed E-state index contributed by atoms with van der Waals surface area (Å²) < 4.78 is 0. The van der Waals surface area contributed by atoms with Crippen molar-refractivity contribution in [1.82, 2.24) is 10.2 Å². The summed E-state index contributed by atoms with van der Waals surface area (Å²) in [4.78, 5) is 25.7. The first-order valence-corrected chi connectivity index (χ1v) is 9.70. The fourth-order valence-corrected chi connectivity index (χ4v) is 3.66. The van der Waals surface area contributed by atoms with Gasteiger partial charge in [0.1, 0.15) is 0 Å². The topological polar surface area (TPSA) is 49.4 Å². The summed E-state index contributed by atoms with van der Waals surface area (Å²) in [6.07, 6.45) is 3.12. The fraction of sp³-hybridized carbons (Fsp3) is 0.391. The molecule has 0 aliphatic carbocycles. The molecule has 27 heavy (non-hydrogen) atoms. The van der Waals surface area contributed by atoms with Gasteiger partial charge in [0.05, 0.1) is 0 Å². The maximum absolute atomic E-state index is 12.4. The van der Waals surface area contributed by atoms with E-state index in [-0.39, 0.29) is 11.8 Å². The third-order valence-corrected chi connectivity index (χ3v) is 5.50. The van der Waals surface area contributed by atoms with Crippen LogP contribution in [0.1, 0.15) is 46.8 Å². The highest BCUT2D eigenvalue weighted by molar-refractivity contribution is 5.94. The molecular weight excluding hydrogens is 336 g/mol. The van der Waals surface area contributed by atoms with Crippen molar-refractivity contribution in [2.24, 2.45) is 5.92 Å². The molecule has 1 saturated heterocycles. The van der Waals surface area contributed by atoms with Gasteiger partial charge in [-0.25, -0.2) is 0 Å². The number of benzene rings is 2. The first-order valence-electron chi connectivity index (χ1n) is 9.70. The molecule has 0 atom stereocenters. The molecule has 0 aromatic heterocycles. The molecule has 2 amide bonds. The molecule has 1 fully saturated rings. The van der Waals surface area contributed by atoms with Gasteiger partial charge in [0.15, 0.2) is 0 Å². The standard InChI is InChI=1S/C23H28N2O2/c1-17-5-3-4-6-22(17)16-24-23(27)21-9-7-19(8-10-21)15-20-11-13-25(14-12-20)18(2)26/h3-10,20H,11-16H2,1-2H3,(H,24,27). The average molecular weight is 364 g/mol. The van der Waals surface area contributed by atoms with Gasteiger partial charge in [-0.15, -0.1) is 0 Å². The van der Waals surface area contributed by atoms with Gasteiger partial charge in [-0.05, 0) is 60.9 Å². The molecule has 0 unspecified atom stereocenters. The molecule has 0 bridgehead atoms. The summed E-state index contributed by atoms with van der Waals surface area (Å²) >= 11 is 0. The number of aryl methyl sites for hydroxylation is 1. The Kier molecular flexibility index (Phi) is 6.28. The lowest BCUT2D eigenvalue weighted by Gasteiger charge is -2.31. The van der Waals surface area contributed by atoms with Gasteiger partial charge in [0.2, 0.25) is 5.91 Å². The summed E-state index contributed by atoms with van der Waals surface area (Å²) in [6, 6.07) is 16.0. The number of carbonyl (C=O) groups excluding carboxylic acids is 2. The number of nitrogens with zero attached hydrogens (tertiary/aromatic N) is 1. The maximum atomic E-state index is 12.4. The lowest BCUT2D eigenvalue weighted by molar-refractivity contribution is -0.130. The van der Waals surface area contributed by atoms with Crippen molar-refractivity contribution in [2.45, 2.75) is 39.7 Å². The number of rotatable bonds is 5. The van der Waals surface area contributed by atoms with Crippen molar-refractivity contribution in [1.29, 1.82) is 0 Å². The maximum Gasteiger partial charge on any atom is 0.251 e. The Morgan fingerprint density at radius 1 is 1.04 bits per heavy atom. The summed E-state index contributed by atoms with van der Waals surface area (Å²) in [5.74, 6) is 0.746. The molecule has 1 N–H and O–H groups in total. The Bertz CT molecular complexity index is 790. The summed E-state index contributed by atoms with van der Waals surface area (Å²) in [7, 11) is 0. The van der Waals surface area contributed by atoms with Gasteiger partial charge < -0.3 is 10.2 Å². The number of nitrogens with one attached hydrogen (secondary N) is 1. The van der Waals surface area contributed by atoms with Crippen LogP contribution in [0.4, 0.5) is 0 Å². The van der Waals surface area contributed by atoms with Crippen LogP contribution in [0.2, 0.25) is 0 Å². The highest BCUT2D eigenvalue weighted by Gasteiger charge is 2.20. The Balaban J connectivity index is 1.50.